The van der Waals surface area contributed by atoms with E-state index in [1.807, 2.05) is 24.3 Å². The smallest absolute Gasteiger partial charge is 0.118 e. The van der Waals surface area contributed by atoms with Crippen molar-refractivity contribution in [3.63, 3.8) is 0 Å². The molecule has 6 aromatic rings. The molecule has 0 unspecified atom stereocenters. The second kappa shape index (κ2) is 13.2. The van der Waals surface area contributed by atoms with Gasteiger partial charge in [-0.3, -0.25) is 0 Å². The second-order valence-corrected chi connectivity index (χ2v) is 10.7. The van der Waals surface area contributed by atoms with Crippen LogP contribution in [0.15, 0.2) is 133 Å². The maximum absolute atomic E-state index is 5.27. The van der Waals surface area contributed by atoms with E-state index in [2.05, 4.69) is 145 Å². The van der Waals surface area contributed by atoms with Crippen molar-refractivity contribution < 1.29 is 9.47 Å². The van der Waals surface area contributed by atoms with Gasteiger partial charge in [0, 0.05) is 5.69 Å². The van der Waals surface area contributed by atoms with Gasteiger partial charge < -0.3 is 14.0 Å². The Morgan fingerprint density at radius 1 is 0.409 bits per heavy atom. The van der Waals surface area contributed by atoms with Gasteiger partial charge in [-0.05, 0) is 88.8 Å². The lowest BCUT2D eigenvalue weighted by Crippen LogP contribution is -1.99. The van der Waals surface area contributed by atoms with Crippen molar-refractivity contribution in [3.05, 3.63) is 161 Å². The summed E-state index contributed by atoms with van der Waals surface area (Å²) in [6, 6.07) is 46.8. The van der Waals surface area contributed by atoms with E-state index < -0.39 is 0 Å². The third kappa shape index (κ3) is 6.58. The Balaban J connectivity index is 1.28. The zero-order valence-corrected chi connectivity index (χ0v) is 25.3. The van der Waals surface area contributed by atoms with Crippen molar-refractivity contribution in [2.24, 2.45) is 0 Å². The van der Waals surface area contributed by atoms with Crippen molar-refractivity contribution >= 4 is 24.3 Å². The molecule has 0 bridgehead atoms. The first kappa shape index (κ1) is 28.6. The Bertz CT molecular complexity index is 1760. The molecule has 0 fully saturated rings. The molecule has 0 radical (unpaired) electrons. The topological polar surface area (TPSA) is 23.4 Å². The van der Waals surface area contributed by atoms with Crippen LogP contribution in [0.2, 0.25) is 0 Å². The van der Waals surface area contributed by atoms with E-state index in [4.69, 9.17) is 9.47 Å². The molecule has 0 atom stereocenters. The molecule has 6 rings (SSSR count). The molecule has 3 nitrogen and oxygen atoms in total. The van der Waals surface area contributed by atoms with E-state index >= 15 is 0 Å². The summed E-state index contributed by atoms with van der Waals surface area (Å²) in [6.45, 7) is 2.12. The van der Waals surface area contributed by atoms with Crippen LogP contribution >= 0.6 is 0 Å². The largest absolute Gasteiger partial charge is 0.497 e. The molecule has 3 heteroatoms. The molecule has 0 aliphatic carbocycles. The normalized spacial score (nSPS) is 11.3. The summed E-state index contributed by atoms with van der Waals surface area (Å²) >= 11 is 0. The third-order valence-electron chi connectivity index (χ3n) is 7.75. The summed E-state index contributed by atoms with van der Waals surface area (Å²) in [6.07, 6.45) is 8.52. The molecule has 0 saturated heterocycles. The zero-order chi connectivity index (χ0) is 30.3. The lowest BCUT2D eigenvalue weighted by Gasteiger charge is -2.15. The maximum Gasteiger partial charge on any atom is 0.118 e. The SMILES string of the molecule is COc1ccc(/C=C/c2ccc(-c3ccc(-c4ccc(/C=C/c5ccc(OC)cc5)cc4)n3-c3ccc(C)cc3)cc2)cc1. The third-order valence-corrected chi connectivity index (χ3v) is 7.75. The zero-order valence-electron chi connectivity index (χ0n) is 25.3. The van der Waals surface area contributed by atoms with E-state index in [1.165, 1.54) is 5.56 Å². The quantitative estimate of drug-likeness (QED) is 0.161. The van der Waals surface area contributed by atoms with E-state index in [-0.39, 0.29) is 0 Å². The minimum atomic E-state index is 0.861. The van der Waals surface area contributed by atoms with Crippen LogP contribution in [0.4, 0.5) is 0 Å². The van der Waals surface area contributed by atoms with Crippen LogP contribution < -0.4 is 9.47 Å². The number of hydrogen-bond acceptors (Lipinski definition) is 2. The van der Waals surface area contributed by atoms with Gasteiger partial charge in [0.25, 0.3) is 0 Å². The number of aromatic nitrogens is 1. The molecule has 0 spiro atoms. The second-order valence-electron chi connectivity index (χ2n) is 10.7. The molecule has 1 aromatic heterocycles. The minimum Gasteiger partial charge on any atom is -0.497 e. The fourth-order valence-corrected chi connectivity index (χ4v) is 5.20. The average molecular weight is 574 g/mol. The maximum atomic E-state index is 5.27. The Morgan fingerprint density at radius 3 is 1.09 bits per heavy atom. The highest BCUT2D eigenvalue weighted by Gasteiger charge is 2.14. The molecule has 0 saturated carbocycles. The number of hydrogen-bond donors (Lipinski definition) is 0. The fraction of sp³-hybridized carbons (Fsp3) is 0.0732. The Morgan fingerprint density at radius 2 is 0.750 bits per heavy atom. The van der Waals surface area contributed by atoms with Gasteiger partial charge in [-0.1, -0.05) is 115 Å². The van der Waals surface area contributed by atoms with Crippen LogP contribution in [-0.2, 0) is 0 Å². The van der Waals surface area contributed by atoms with Gasteiger partial charge in [-0.25, -0.2) is 0 Å². The van der Waals surface area contributed by atoms with E-state index in [0.29, 0.717) is 0 Å². The molecular weight excluding hydrogens is 538 g/mol. The van der Waals surface area contributed by atoms with Gasteiger partial charge in [0.15, 0.2) is 0 Å². The van der Waals surface area contributed by atoms with Crippen molar-refractivity contribution in [1.82, 2.24) is 4.57 Å². The standard InChI is InChI=1S/C41H35NO2/c1-30-4-22-37(23-5-30)42-40(35-18-10-31(11-19-35)6-8-33-14-24-38(43-2)25-15-33)28-29-41(42)36-20-12-32(13-21-36)7-9-34-16-26-39(44-3)27-17-34/h4-29H,1-3H3/b8-6+,9-7+. The van der Waals surface area contributed by atoms with Gasteiger partial charge in [0.05, 0.1) is 25.6 Å². The summed E-state index contributed by atoms with van der Waals surface area (Å²) < 4.78 is 12.9. The molecule has 0 aliphatic rings. The molecular formula is C41H35NO2. The van der Waals surface area contributed by atoms with Gasteiger partial charge in [0.1, 0.15) is 11.5 Å². The predicted octanol–water partition coefficient (Wildman–Crippen LogP) is 10.5. The number of rotatable bonds is 9. The number of benzene rings is 5. The number of nitrogens with zero attached hydrogens (tertiary/aromatic N) is 1. The van der Waals surface area contributed by atoms with Crippen molar-refractivity contribution in [1.29, 1.82) is 0 Å². The predicted molar refractivity (Wildman–Crippen MR) is 185 cm³/mol. The molecule has 44 heavy (non-hydrogen) atoms. The highest BCUT2D eigenvalue weighted by molar-refractivity contribution is 5.77. The summed E-state index contributed by atoms with van der Waals surface area (Å²) in [5, 5.41) is 0. The van der Waals surface area contributed by atoms with Crippen LogP contribution in [0.1, 0.15) is 27.8 Å². The lowest BCUT2D eigenvalue weighted by molar-refractivity contribution is 0.414. The van der Waals surface area contributed by atoms with Gasteiger partial charge >= 0.3 is 0 Å². The van der Waals surface area contributed by atoms with Crippen LogP contribution in [0.25, 0.3) is 52.5 Å². The Hall–Kier alpha value is -5.54. The summed E-state index contributed by atoms with van der Waals surface area (Å²) in [4.78, 5) is 0. The van der Waals surface area contributed by atoms with E-state index in [9.17, 15) is 0 Å². The number of methoxy groups -OCH3 is 2. The van der Waals surface area contributed by atoms with E-state index in [0.717, 1.165) is 62.0 Å². The van der Waals surface area contributed by atoms with Crippen LogP contribution in [-0.4, -0.2) is 18.8 Å². The molecule has 216 valence electrons. The van der Waals surface area contributed by atoms with Crippen LogP contribution in [0, 0.1) is 6.92 Å². The summed E-state index contributed by atoms with van der Waals surface area (Å²) in [7, 11) is 3.37. The molecule has 0 aliphatic heterocycles. The van der Waals surface area contributed by atoms with Gasteiger partial charge in [-0.15, -0.1) is 0 Å². The molecule has 0 amide bonds. The van der Waals surface area contributed by atoms with Crippen molar-refractivity contribution in [2.45, 2.75) is 6.92 Å². The average Bonchev–Trinajstić information content (AvgIpc) is 3.53. The van der Waals surface area contributed by atoms with Crippen LogP contribution in [0.5, 0.6) is 11.5 Å². The highest BCUT2D eigenvalue weighted by Crippen LogP contribution is 2.33. The first-order valence-electron chi connectivity index (χ1n) is 14.7. The monoisotopic (exact) mass is 573 g/mol. The Kier molecular flexibility index (Phi) is 8.56. The van der Waals surface area contributed by atoms with Gasteiger partial charge in [-0.2, -0.15) is 0 Å². The molecule has 1 heterocycles. The first-order chi connectivity index (χ1) is 21.6. The molecule has 0 N–H and O–H groups in total. The van der Waals surface area contributed by atoms with E-state index in [1.54, 1.807) is 14.2 Å². The van der Waals surface area contributed by atoms with Gasteiger partial charge in [0.2, 0.25) is 0 Å². The minimum absolute atomic E-state index is 0.861. The first-order valence-corrected chi connectivity index (χ1v) is 14.7. The fourth-order valence-electron chi connectivity index (χ4n) is 5.20. The lowest BCUT2D eigenvalue weighted by atomic mass is 10.1. The number of aryl methyl sites for hydroxylation is 1. The van der Waals surface area contributed by atoms with Crippen molar-refractivity contribution in [2.75, 3.05) is 14.2 Å². The number of ether oxygens (including phenoxy) is 2. The highest BCUT2D eigenvalue weighted by atomic mass is 16.5. The van der Waals surface area contributed by atoms with Crippen LogP contribution in [0.3, 0.4) is 0 Å². The van der Waals surface area contributed by atoms with Crippen molar-refractivity contribution in [3.8, 4) is 39.7 Å². The molecule has 5 aromatic carbocycles. The summed E-state index contributed by atoms with van der Waals surface area (Å²) in [5.74, 6) is 1.72. The summed E-state index contributed by atoms with van der Waals surface area (Å²) in [5.41, 5.74) is 11.6. The Labute approximate surface area is 260 Å².